The number of benzene rings is 1. The number of hydrogen-bond donors (Lipinski definition) is 2. The van der Waals surface area contributed by atoms with E-state index < -0.39 is 5.41 Å². The van der Waals surface area contributed by atoms with Crippen molar-refractivity contribution in [1.82, 2.24) is 4.98 Å². The molecule has 1 heterocycles. The van der Waals surface area contributed by atoms with Gasteiger partial charge in [0.05, 0.1) is 17.3 Å². The molecule has 1 amide bonds. The molecule has 0 saturated heterocycles. The van der Waals surface area contributed by atoms with E-state index in [9.17, 15) is 4.79 Å². The second-order valence-electron chi connectivity index (χ2n) is 5.07. The van der Waals surface area contributed by atoms with E-state index in [0.717, 1.165) is 5.56 Å². The zero-order valence-corrected chi connectivity index (χ0v) is 12.1. The number of halogens is 1. The molecule has 2 rings (SSSR count). The minimum atomic E-state index is -0.673. The quantitative estimate of drug-likeness (QED) is 0.673. The number of nitrogen functional groups attached to an aromatic ring is 1. The van der Waals surface area contributed by atoms with Crippen LogP contribution in [0.2, 0.25) is 5.15 Å². The fourth-order valence-electron chi connectivity index (χ4n) is 1.77. The van der Waals surface area contributed by atoms with Gasteiger partial charge in [-0.05, 0) is 43.7 Å². The fourth-order valence-corrected chi connectivity index (χ4v) is 1.88. The molecule has 2 aromatic rings. The highest BCUT2D eigenvalue weighted by atomic mass is 35.5. The summed E-state index contributed by atoms with van der Waals surface area (Å²) in [5, 5.41) is 3.22. The topological polar surface area (TPSA) is 68.0 Å². The second kappa shape index (κ2) is 5.51. The number of nitrogens with zero attached hydrogens (tertiary/aromatic N) is 1. The van der Waals surface area contributed by atoms with E-state index in [-0.39, 0.29) is 5.91 Å². The van der Waals surface area contributed by atoms with Crippen LogP contribution in [-0.2, 0) is 10.2 Å². The number of pyridine rings is 1. The Morgan fingerprint density at radius 1 is 1.20 bits per heavy atom. The number of amides is 1. The largest absolute Gasteiger partial charge is 0.399 e. The fraction of sp³-hybridized carbons (Fsp3) is 0.200. The first-order valence-electron chi connectivity index (χ1n) is 6.18. The molecule has 0 atom stereocenters. The molecule has 104 valence electrons. The summed E-state index contributed by atoms with van der Waals surface area (Å²) in [5.74, 6) is -0.119. The smallest absolute Gasteiger partial charge is 0.234 e. The summed E-state index contributed by atoms with van der Waals surface area (Å²) in [4.78, 5) is 16.3. The lowest BCUT2D eigenvalue weighted by molar-refractivity contribution is -0.120. The number of hydrogen-bond acceptors (Lipinski definition) is 3. The maximum atomic E-state index is 12.4. The summed E-state index contributed by atoms with van der Waals surface area (Å²) >= 11 is 5.71. The number of carbonyl (C=O) groups excluding carboxylic acids is 1. The first kappa shape index (κ1) is 14.3. The molecule has 0 unspecified atom stereocenters. The number of anilines is 2. The standard InChI is InChI=1S/C15H16ClN3O/c1-15(2,10-3-5-11(17)6-4-10)14(20)19-12-7-8-13(16)18-9-12/h3-9H,17H2,1-2H3,(H,19,20). The molecular weight excluding hydrogens is 274 g/mol. The van der Waals surface area contributed by atoms with E-state index in [1.165, 1.54) is 6.20 Å². The van der Waals surface area contributed by atoms with Crippen LogP contribution >= 0.6 is 11.6 Å². The molecule has 5 heteroatoms. The Balaban J connectivity index is 2.18. The minimum Gasteiger partial charge on any atom is -0.399 e. The highest BCUT2D eigenvalue weighted by Gasteiger charge is 2.29. The SMILES string of the molecule is CC(C)(C(=O)Nc1ccc(Cl)nc1)c1ccc(N)cc1. The van der Waals surface area contributed by atoms with Gasteiger partial charge >= 0.3 is 0 Å². The lowest BCUT2D eigenvalue weighted by atomic mass is 9.83. The summed E-state index contributed by atoms with van der Waals surface area (Å²) < 4.78 is 0. The molecular formula is C15H16ClN3O. The van der Waals surface area contributed by atoms with Crippen molar-refractivity contribution in [1.29, 1.82) is 0 Å². The van der Waals surface area contributed by atoms with Crippen LogP contribution in [0.15, 0.2) is 42.6 Å². The molecule has 1 aromatic heterocycles. The lowest BCUT2D eigenvalue weighted by Gasteiger charge is -2.24. The van der Waals surface area contributed by atoms with Crippen molar-refractivity contribution < 1.29 is 4.79 Å². The Labute approximate surface area is 123 Å². The second-order valence-corrected chi connectivity index (χ2v) is 5.46. The summed E-state index contributed by atoms with van der Waals surface area (Å²) in [6.07, 6.45) is 1.53. The van der Waals surface area contributed by atoms with Crippen LogP contribution in [0, 0.1) is 0 Å². The summed E-state index contributed by atoms with van der Waals surface area (Å²) in [7, 11) is 0. The van der Waals surface area contributed by atoms with Crippen molar-refractivity contribution in [2.24, 2.45) is 0 Å². The summed E-state index contributed by atoms with van der Waals surface area (Å²) in [5.41, 5.74) is 7.17. The van der Waals surface area contributed by atoms with Gasteiger partial charge in [0, 0.05) is 5.69 Å². The average molecular weight is 290 g/mol. The van der Waals surface area contributed by atoms with Crippen LogP contribution in [0.5, 0.6) is 0 Å². The third kappa shape index (κ3) is 3.08. The predicted molar refractivity (Wildman–Crippen MR) is 81.8 cm³/mol. The van der Waals surface area contributed by atoms with Gasteiger partial charge in [-0.1, -0.05) is 23.7 Å². The van der Waals surface area contributed by atoms with Crippen molar-refractivity contribution in [2.75, 3.05) is 11.1 Å². The van der Waals surface area contributed by atoms with E-state index >= 15 is 0 Å². The molecule has 0 aliphatic rings. The van der Waals surface area contributed by atoms with Crippen molar-refractivity contribution in [3.05, 3.63) is 53.3 Å². The van der Waals surface area contributed by atoms with Crippen LogP contribution in [0.4, 0.5) is 11.4 Å². The summed E-state index contributed by atoms with van der Waals surface area (Å²) in [6, 6.07) is 10.6. The van der Waals surface area contributed by atoms with E-state index in [2.05, 4.69) is 10.3 Å². The third-order valence-electron chi connectivity index (χ3n) is 3.19. The number of nitrogens with one attached hydrogen (secondary N) is 1. The molecule has 0 spiro atoms. The van der Waals surface area contributed by atoms with Gasteiger partial charge in [0.2, 0.25) is 5.91 Å². The maximum Gasteiger partial charge on any atom is 0.234 e. The highest BCUT2D eigenvalue weighted by molar-refractivity contribution is 6.29. The van der Waals surface area contributed by atoms with Gasteiger partial charge in [-0.25, -0.2) is 4.98 Å². The van der Waals surface area contributed by atoms with Crippen LogP contribution in [-0.4, -0.2) is 10.9 Å². The van der Waals surface area contributed by atoms with Gasteiger partial charge in [0.15, 0.2) is 0 Å². The Hall–Kier alpha value is -2.07. The number of rotatable bonds is 3. The lowest BCUT2D eigenvalue weighted by Crippen LogP contribution is -2.34. The van der Waals surface area contributed by atoms with Crippen LogP contribution in [0.3, 0.4) is 0 Å². The van der Waals surface area contributed by atoms with Crippen molar-refractivity contribution in [2.45, 2.75) is 19.3 Å². The third-order valence-corrected chi connectivity index (χ3v) is 3.41. The zero-order valence-electron chi connectivity index (χ0n) is 11.4. The van der Waals surface area contributed by atoms with E-state index in [1.54, 1.807) is 24.3 Å². The van der Waals surface area contributed by atoms with Crippen LogP contribution in [0.1, 0.15) is 19.4 Å². The number of aromatic nitrogens is 1. The Bertz CT molecular complexity index is 606. The number of nitrogens with two attached hydrogens (primary N) is 1. The zero-order chi connectivity index (χ0) is 14.8. The Morgan fingerprint density at radius 2 is 1.85 bits per heavy atom. The van der Waals surface area contributed by atoms with Crippen LogP contribution in [0.25, 0.3) is 0 Å². The van der Waals surface area contributed by atoms with Crippen molar-refractivity contribution in [3.63, 3.8) is 0 Å². The molecule has 1 aromatic carbocycles. The van der Waals surface area contributed by atoms with Crippen molar-refractivity contribution in [3.8, 4) is 0 Å². The van der Waals surface area contributed by atoms with Gasteiger partial charge in [-0.3, -0.25) is 4.79 Å². The molecule has 20 heavy (non-hydrogen) atoms. The molecule has 4 nitrogen and oxygen atoms in total. The van der Waals surface area contributed by atoms with Gasteiger partial charge < -0.3 is 11.1 Å². The van der Waals surface area contributed by atoms with E-state index in [1.807, 2.05) is 26.0 Å². The normalized spacial score (nSPS) is 11.2. The molecule has 3 N–H and O–H groups in total. The van der Waals surface area contributed by atoms with E-state index in [4.69, 9.17) is 17.3 Å². The number of carbonyl (C=O) groups is 1. The average Bonchev–Trinajstić information content (AvgIpc) is 2.42. The Morgan fingerprint density at radius 3 is 2.40 bits per heavy atom. The maximum absolute atomic E-state index is 12.4. The van der Waals surface area contributed by atoms with Gasteiger partial charge in [0.1, 0.15) is 5.15 Å². The van der Waals surface area contributed by atoms with Gasteiger partial charge in [0.25, 0.3) is 0 Å². The molecule has 0 aliphatic heterocycles. The van der Waals surface area contributed by atoms with Crippen molar-refractivity contribution >= 4 is 28.9 Å². The summed E-state index contributed by atoms with van der Waals surface area (Å²) in [6.45, 7) is 3.72. The Kier molecular flexibility index (Phi) is 3.95. The first-order chi connectivity index (χ1) is 9.39. The molecule has 0 saturated carbocycles. The molecule has 0 radical (unpaired) electrons. The van der Waals surface area contributed by atoms with Crippen LogP contribution < -0.4 is 11.1 Å². The molecule has 0 bridgehead atoms. The molecule has 0 fully saturated rings. The van der Waals surface area contributed by atoms with Gasteiger partial charge in [-0.2, -0.15) is 0 Å². The monoisotopic (exact) mass is 289 g/mol. The predicted octanol–water partition coefficient (Wildman–Crippen LogP) is 3.23. The molecule has 0 aliphatic carbocycles. The first-order valence-corrected chi connectivity index (χ1v) is 6.56. The van der Waals surface area contributed by atoms with Gasteiger partial charge in [-0.15, -0.1) is 0 Å². The van der Waals surface area contributed by atoms with E-state index in [0.29, 0.717) is 16.5 Å². The minimum absolute atomic E-state index is 0.119. The highest BCUT2D eigenvalue weighted by Crippen LogP contribution is 2.26.